The first-order valence-corrected chi connectivity index (χ1v) is 11.2. The average molecular weight is 474 g/mol. The van der Waals surface area contributed by atoms with E-state index in [0.717, 1.165) is 11.4 Å². The maximum atomic E-state index is 14.7. The maximum absolute atomic E-state index is 14.7. The van der Waals surface area contributed by atoms with E-state index in [9.17, 15) is 14.4 Å². The fourth-order valence-electron chi connectivity index (χ4n) is 3.80. The van der Waals surface area contributed by atoms with Crippen molar-refractivity contribution in [1.82, 2.24) is 4.98 Å². The minimum absolute atomic E-state index is 0.136. The van der Waals surface area contributed by atoms with Crippen molar-refractivity contribution in [3.63, 3.8) is 0 Å². The van der Waals surface area contributed by atoms with E-state index >= 15 is 0 Å². The number of nitrogens with one attached hydrogen (secondary N) is 3. The molecule has 0 unspecified atom stereocenters. The van der Waals surface area contributed by atoms with E-state index in [1.807, 2.05) is 48.5 Å². The second-order valence-corrected chi connectivity index (χ2v) is 8.05. The molecule has 0 atom stereocenters. The number of para-hydroxylation sites is 1. The summed E-state index contributed by atoms with van der Waals surface area (Å²) in [5.41, 5.74) is 4.49. The Balaban J connectivity index is 1.37. The van der Waals surface area contributed by atoms with Crippen LogP contribution in [0, 0.1) is 17.1 Å². The first-order chi connectivity index (χ1) is 17.6. The van der Waals surface area contributed by atoms with Gasteiger partial charge in [0, 0.05) is 39.9 Å². The number of anilines is 5. The Labute approximate surface area is 207 Å². The number of pyridine rings is 1. The highest BCUT2D eigenvalue weighted by atomic mass is 19.1. The predicted octanol–water partition coefficient (Wildman–Crippen LogP) is 6.99. The summed E-state index contributed by atoms with van der Waals surface area (Å²) >= 11 is 0. The zero-order chi connectivity index (χ0) is 24.9. The number of aromatic nitrogens is 1. The Kier molecular flexibility index (Phi) is 6.24. The second kappa shape index (κ2) is 9.95. The van der Waals surface area contributed by atoms with Gasteiger partial charge in [-0.3, -0.25) is 9.78 Å². The van der Waals surface area contributed by atoms with Crippen LogP contribution in [0.3, 0.4) is 0 Å². The molecule has 0 aliphatic rings. The summed E-state index contributed by atoms with van der Waals surface area (Å²) in [6, 6.07) is 30.1. The molecule has 0 spiro atoms. The van der Waals surface area contributed by atoms with Gasteiger partial charge in [0.1, 0.15) is 5.82 Å². The van der Waals surface area contributed by atoms with Gasteiger partial charge < -0.3 is 16.0 Å². The molecule has 36 heavy (non-hydrogen) atoms. The molecule has 5 rings (SSSR count). The molecule has 1 amide bonds. The summed E-state index contributed by atoms with van der Waals surface area (Å²) in [6.45, 7) is 0. The van der Waals surface area contributed by atoms with E-state index in [1.54, 1.807) is 36.5 Å². The highest BCUT2D eigenvalue weighted by Gasteiger charge is 2.12. The number of carbonyl (C=O) groups is 1. The lowest BCUT2D eigenvalue weighted by atomic mass is 10.1. The molecule has 1 aromatic heterocycles. The molecule has 5 aromatic rings. The van der Waals surface area contributed by atoms with Crippen LogP contribution < -0.4 is 16.0 Å². The van der Waals surface area contributed by atoms with Crippen LogP contribution in [0.25, 0.3) is 10.9 Å². The number of carbonyl (C=O) groups excluding carboxylic acids is 1. The van der Waals surface area contributed by atoms with Gasteiger partial charge in [0.05, 0.1) is 22.8 Å². The number of hydrogen-bond donors (Lipinski definition) is 3. The fraction of sp³-hybridized carbons (Fsp3) is 0. The molecule has 1 heterocycles. The molecule has 0 aliphatic heterocycles. The van der Waals surface area contributed by atoms with Gasteiger partial charge in [0.15, 0.2) is 0 Å². The molecule has 3 N–H and O–H groups in total. The highest BCUT2D eigenvalue weighted by molar-refractivity contribution is 6.05. The molecule has 0 fully saturated rings. The third-order valence-corrected chi connectivity index (χ3v) is 5.55. The van der Waals surface area contributed by atoms with Crippen molar-refractivity contribution in [1.29, 1.82) is 5.26 Å². The Morgan fingerprint density at radius 1 is 0.778 bits per heavy atom. The third-order valence-electron chi connectivity index (χ3n) is 5.55. The van der Waals surface area contributed by atoms with E-state index in [0.29, 0.717) is 27.8 Å². The van der Waals surface area contributed by atoms with Crippen LogP contribution in [0.2, 0.25) is 0 Å². The van der Waals surface area contributed by atoms with Gasteiger partial charge in [-0.2, -0.15) is 5.26 Å². The Morgan fingerprint density at radius 2 is 1.58 bits per heavy atom. The van der Waals surface area contributed by atoms with Gasteiger partial charge in [-0.25, -0.2) is 4.39 Å². The van der Waals surface area contributed by atoms with E-state index in [2.05, 4.69) is 27.0 Å². The molecular formula is C29H20FN5O. The lowest BCUT2D eigenvalue weighted by Crippen LogP contribution is -2.12. The fourth-order valence-corrected chi connectivity index (χ4v) is 3.80. The lowest BCUT2D eigenvalue weighted by molar-refractivity contribution is 0.102. The van der Waals surface area contributed by atoms with Crippen LogP contribution in [0.5, 0.6) is 0 Å². The zero-order valence-electron chi connectivity index (χ0n) is 19.0. The highest BCUT2D eigenvalue weighted by Crippen LogP contribution is 2.28. The molecule has 4 aromatic carbocycles. The van der Waals surface area contributed by atoms with Crippen molar-refractivity contribution in [2.45, 2.75) is 0 Å². The number of amides is 1. The average Bonchev–Trinajstić information content (AvgIpc) is 2.90. The van der Waals surface area contributed by atoms with Crippen LogP contribution in [-0.2, 0) is 0 Å². The molecule has 7 heteroatoms. The van der Waals surface area contributed by atoms with Gasteiger partial charge in [-0.15, -0.1) is 0 Å². The molecular weight excluding hydrogens is 453 g/mol. The normalized spacial score (nSPS) is 10.4. The molecule has 0 saturated carbocycles. The van der Waals surface area contributed by atoms with Crippen molar-refractivity contribution in [2.75, 3.05) is 16.0 Å². The SMILES string of the molecule is N#Cc1ccc2nccc(Nc3cc(C(=O)Nc4cccc(Nc5ccccc5)c4)ccc3F)c2c1. The summed E-state index contributed by atoms with van der Waals surface area (Å²) in [6.07, 6.45) is 1.60. The quantitative estimate of drug-likeness (QED) is 0.247. The molecule has 0 aliphatic carbocycles. The maximum Gasteiger partial charge on any atom is 0.255 e. The molecule has 0 bridgehead atoms. The molecule has 174 valence electrons. The number of benzene rings is 4. The van der Waals surface area contributed by atoms with E-state index in [4.69, 9.17) is 0 Å². The van der Waals surface area contributed by atoms with Crippen molar-refractivity contribution in [3.05, 3.63) is 120 Å². The largest absolute Gasteiger partial charge is 0.355 e. The number of halogens is 1. The van der Waals surface area contributed by atoms with Crippen molar-refractivity contribution in [2.24, 2.45) is 0 Å². The number of hydrogen-bond acceptors (Lipinski definition) is 5. The minimum atomic E-state index is -0.512. The summed E-state index contributed by atoms with van der Waals surface area (Å²) < 4.78 is 14.7. The van der Waals surface area contributed by atoms with Crippen LogP contribution in [0.4, 0.5) is 32.8 Å². The van der Waals surface area contributed by atoms with Gasteiger partial charge in [-0.05, 0) is 72.8 Å². The predicted molar refractivity (Wildman–Crippen MR) is 140 cm³/mol. The number of nitrogens with zero attached hydrogens (tertiary/aromatic N) is 2. The third kappa shape index (κ3) is 4.98. The van der Waals surface area contributed by atoms with Gasteiger partial charge in [0.2, 0.25) is 0 Å². The standard InChI is InChI=1S/C29H20FN5O/c30-25-11-10-20(16-28(25)35-27-13-14-32-26-12-9-19(18-31)15-24(26)27)29(36)34-23-8-4-7-22(17-23)33-21-5-2-1-3-6-21/h1-17,33H,(H,32,35)(H,34,36). The van der Waals surface area contributed by atoms with E-state index < -0.39 is 5.82 Å². The van der Waals surface area contributed by atoms with Crippen LogP contribution in [0.15, 0.2) is 103 Å². The van der Waals surface area contributed by atoms with Gasteiger partial charge in [0.25, 0.3) is 5.91 Å². The summed E-state index contributed by atoms with van der Waals surface area (Å²) in [5.74, 6) is -0.886. The number of rotatable bonds is 6. The molecule has 0 radical (unpaired) electrons. The van der Waals surface area contributed by atoms with E-state index in [-0.39, 0.29) is 17.2 Å². The Hall–Kier alpha value is -5.22. The number of fused-ring (bicyclic) bond motifs is 1. The van der Waals surface area contributed by atoms with Gasteiger partial charge in [-0.1, -0.05) is 24.3 Å². The van der Waals surface area contributed by atoms with Crippen LogP contribution >= 0.6 is 0 Å². The first kappa shape index (κ1) is 22.6. The molecule has 0 saturated heterocycles. The van der Waals surface area contributed by atoms with E-state index in [1.165, 1.54) is 18.2 Å². The monoisotopic (exact) mass is 473 g/mol. The van der Waals surface area contributed by atoms with Crippen molar-refractivity contribution < 1.29 is 9.18 Å². The smallest absolute Gasteiger partial charge is 0.255 e. The van der Waals surface area contributed by atoms with Crippen molar-refractivity contribution in [3.8, 4) is 6.07 Å². The Morgan fingerprint density at radius 3 is 2.42 bits per heavy atom. The zero-order valence-corrected chi connectivity index (χ0v) is 19.0. The summed E-state index contributed by atoms with van der Waals surface area (Å²) in [5, 5.41) is 19.1. The minimum Gasteiger partial charge on any atom is -0.355 e. The summed E-state index contributed by atoms with van der Waals surface area (Å²) in [7, 11) is 0. The molecule has 6 nitrogen and oxygen atoms in total. The van der Waals surface area contributed by atoms with Crippen molar-refractivity contribution >= 4 is 45.2 Å². The van der Waals surface area contributed by atoms with Gasteiger partial charge >= 0.3 is 0 Å². The summed E-state index contributed by atoms with van der Waals surface area (Å²) in [4.78, 5) is 17.3. The Bertz CT molecular complexity index is 1610. The van der Waals surface area contributed by atoms with Crippen LogP contribution in [-0.4, -0.2) is 10.9 Å². The topological polar surface area (TPSA) is 89.8 Å². The second-order valence-electron chi connectivity index (χ2n) is 8.05. The lowest BCUT2D eigenvalue weighted by Gasteiger charge is -2.13. The first-order valence-electron chi connectivity index (χ1n) is 11.2. The van der Waals surface area contributed by atoms with Crippen LogP contribution in [0.1, 0.15) is 15.9 Å². The number of nitriles is 1.